The van der Waals surface area contributed by atoms with Gasteiger partial charge >= 0.3 is 0 Å². The quantitative estimate of drug-likeness (QED) is 0.476. The van der Waals surface area contributed by atoms with E-state index in [0.717, 1.165) is 36.1 Å². The van der Waals surface area contributed by atoms with Gasteiger partial charge in [-0.2, -0.15) is 0 Å². The molecule has 0 aliphatic heterocycles. The molecule has 0 radical (unpaired) electrons. The number of carbonyl (C=O) groups is 2. The number of hydrogen-bond acceptors (Lipinski definition) is 5. The van der Waals surface area contributed by atoms with E-state index < -0.39 is 10.8 Å². The Morgan fingerprint density at radius 3 is 2.54 bits per heavy atom. The van der Waals surface area contributed by atoms with Gasteiger partial charge in [0.05, 0.1) is 10.5 Å². The molecule has 0 saturated heterocycles. The van der Waals surface area contributed by atoms with Crippen LogP contribution in [0.25, 0.3) is 6.08 Å². The van der Waals surface area contributed by atoms with Crippen LogP contribution in [0.3, 0.4) is 0 Å². The summed E-state index contributed by atoms with van der Waals surface area (Å²) < 4.78 is 0. The average molecular weight is 371 g/mol. The van der Waals surface area contributed by atoms with Crippen LogP contribution in [-0.4, -0.2) is 16.7 Å². The van der Waals surface area contributed by atoms with Crippen LogP contribution >= 0.6 is 11.3 Å². The number of thiophene rings is 1. The highest BCUT2D eigenvalue weighted by molar-refractivity contribution is 7.17. The fourth-order valence-corrected chi connectivity index (χ4v) is 4.24. The third-order valence-corrected chi connectivity index (χ3v) is 5.39. The summed E-state index contributed by atoms with van der Waals surface area (Å²) in [6.07, 6.45) is 6.66. The molecule has 7 nitrogen and oxygen atoms in total. The van der Waals surface area contributed by atoms with Gasteiger partial charge in [-0.25, -0.2) is 0 Å². The van der Waals surface area contributed by atoms with Gasteiger partial charge < -0.3 is 11.1 Å². The summed E-state index contributed by atoms with van der Waals surface area (Å²) in [4.78, 5) is 35.3. The van der Waals surface area contributed by atoms with Crippen LogP contribution in [0.1, 0.15) is 39.2 Å². The first-order valence-corrected chi connectivity index (χ1v) is 8.95. The van der Waals surface area contributed by atoms with Crippen molar-refractivity contribution in [2.24, 2.45) is 5.73 Å². The average Bonchev–Trinajstić information content (AvgIpc) is 2.98. The van der Waals surface area contributed by atoms with E-state index in [-0.39, 0.29) is 11.6 Å². The molecule has 1 aromatic carbocycles. The molecule has 0 unspecified atom stereocenters. The minimum Gasteiger partial charge on any atom is -0.365 e. The molecule has 2 amide bonds. The van der Waals surface area contributed by atoms with Crippen molar-refractivity contribution >= 4 is 39.9 Å². The van der Waals surface area contributed by atoms with E-state index in [1.807, 2.05) is 0 Å². The van der Waals surface area contributed by atoms with Crippen molar-refractivity contribution in [3.63, 3.8) is 0 Å². The molecule has 1 aliphatic rings. The molecule has 0 bridgehead atoms. The van der Waals surface area contributed by atoms with Crippen LogP contribution < -0.4 is 11.1 Å². The number of non-ortho nitro benzene ring substituents is 1. The lowest BCUT2D eigenvalue weighted by Crippen LogP contribution is -2.17. The molecule has 134 valence electrons. The number of nitro benzene ring substituents is 1. The van der Waals surface area contributed by atoms with Gasteiger partial charge in [-0.15, -0.1) is 11.3 Å². The maximum atomic E-state index is 12.2. The Hall–Kier alpha value is -3.00. The number of nitrogens with one attached hydrogen (secondary N) is 1. The molecule has 1 aromatic heterocycles. The zero-order chi connectivity index (χ0) is 18.7. The minimum absolute atomic E-state index is 0.0122. The molecule has 0 spiro atoms. The maximum Gasteiger partial charge on any atom is 0.269 e. The first-order valence-electron chi connectivity index (χ1n) is 8.13. The lowest BCUT2D eigenvalue weighted by atomic mass is 9.95. The van der Waals surface area contributed by atoms with Gasteiger partial charge in [0.25, 0.3) is 11.6 Å². The highest BCUT2D eigenvalue weighted by Gasteiger charge is 2.24. The summed E-state index contributed by atoms with van der Waals surface area (Å²) in [5, 5.41) is 13.9. The number of anilines is 1. The second-order valence-electron chi connectivity index (χ2n) is 5.95. The number of carbonyl (C=O) groups excluding carboxylic acids is 2. The predicted molar refractivity (Wildman–Crippen MR) is 100 cm³/mol. The van der Waals surface area contributed by atoms with Gasteiger partial charge in [0.1, 0.15) is 5.00 Å². The molecule has 0 atom stereocenters. The van der Waals surface area contributed by atoms with Gasteiger partial charge in [-0.1, -0.05) is 0 Å². The van der Waals surface area contributed by atoms with Crippen LogP contribution in [0, 0.1) is 10.1 Å². The molecule has 3 N–H and O–H groups in total. The van der Waals surface area contributed by atoms with Crippen molar-refractivity contribution in [1.29, 1.82) is 0 Å². The third-order valence-electron chi connectivity index (χ3n) is 4.19. The Morgan fingerprint density at radius 1 is 1.19 bits per heavy atom. The van der Waals surface area contributed by atoms with Gasteiger partial charge in [-0.3, -0.25) is 19.7 Å². The first kappa shape index (κ1) is 17.8. The summed E-state index contributed by atoms with van der Waals surface area (Å²) in [5.74, 6) is -0.913. The van der Waals surface area contributed by atoms with Gasteiger partial charge in [0, 0.05) is 23.1 Å². The topological polar surface area (TPSA) is 115 Å². The molecule has 0 fully saturated rings. The summed E-state index contributed by atoms with van der Waals surface area (Å²) in [7, 11) is 0. The van der Waals surface area contributed by atoms with Crippen molar-refractivity contribution < 1.29 is 14.5 Å². The van der Waals surface area contributed by atoms with Gasteiger partial charge in [0.2, 0.25) is 5.91 Å². The molecule has 1 heterocycles. The van der Waals surface area contributed by atoms with Crippen molar-refractivity contribution in [1.82, 2.24) is 0 Å². The maximum absolute atomic E-state index is 12.2. The summed E-state index contributed by atoms with van der Waals surface area (Å²) >= 11 is 1.40. The fourth-order valence-electron chi connectivity index (χ4n) is 2.95. The van der Waals surface area contributed by atoms with E-state index in [2.05, 4.69) is 5.32 Å². The first-order chi connectivity index (χ1) is 12.5. The van der Waals surface area contributed by atoms with Crippen molar-refractivity contribution in [3.05, 3.63) is 62.0 Å². The van der Waals surface area contributed by atoms with E-state index in [1.54, 1.807) is 18.2 Å². The Balaban J connectivity index is 1.75. The molecular formula is C18H17N3O4S. The number of nitro groups is 1. The van der Waals surface area contributed by atoms with Crippen LogP contribution in [-0.2, 0) is 17.6 Å². The van der Waals surface area contributed by atoms with E-state index >= 15 is 0 Å². The van der Waals surface area contributed by atoms with E-state index in [1.165, 1.54) is 29.5 Å². The predicted octanol–water partition coefficient (Wildman–Crippen LogP) is 3.29. The zero-order valence-corrected chi connectivity index (χ0v) is 14.7. The number of amides is 2. The van der Waals surface area contributed by atoms with Crippen LogP contribution in [0.15, 0.2) is 30.3 Å². The number of aryl methyl sites for hydroxylation is 1. The standard InChI is InChI=1S/C18H17N3O4S/c19-17(23)16-13-3-1-2-4-14(13)26-18(16)20-15(22)10-7-11-5-8-12(9-6-11)21(24)25/h5-10H,1-4H2,(H2,19,23)(H,20,22). The lowest BCUT2D eigenvalue weighted by Gasteiger charge is -2.11. The monoisotopic (exact) mass is 371 g/mol. The number of rotatable bonds is 5. The summed E-state index contributed by atoms with van der Waals surface area (Å²) in [6, 6.07) is 5.85. The minimum atomic E-state index is -0.529. The number of nitrogens with two attached hydrogens (primary N) is 1. The van der Waals surface area contributed by atoms with Crippen LogP contribution in [0.2, 0.25) is 0 Å². The lowest BCUT2D eigenvalue weighted by molar-refractivity contribution is -0.384. The van der Waals surface area contributed by atoms with Crippen LogP contribution in [0.4, 0.5) is 10.7 Å². The summed E-state index contributed by atoms with van der Waals surface area (Å²) in [6.45, 7) is 0. The highest BCUT2D eigenvalue weighted by Crippen LogP contribution is 2.37. The number of nitrogens with zero attached hydrogens (tertiary/aromatic N) is 1. The Labute approximate surface area is 153 Å². The highest BCUT2D eigenvalue weighted by atomic mass is 32.1. The number of hydrogen-bond donors (Lipinski definition) is 2. The molecule has 3 rings (SSSR count). The normalized spacial score (nSPS) is 13.4. The molecular weight excluding hydrogens is 354 g/mol. The van der Waals surface area contributed by atoms with Gasteiger partial charge in [0.15, 0.2) is 0 Å². The Bertz CT molecular complexity index is 900. The Morgan fingerprint density at radius 2 is 1.88 bits per heavy atom. The molecule has 8 heteroatoms. The van der Waals surface area contributed by atoms with Crippen molar-refractivity contribution in [2.75, 3.05) is 5.32 Å². The smallest absolute Gasteiger partial charge is 0.269 e. The van der Waals surface area contributed by atoms with Crippen LogP contribution in [0.5, 0.6) is 0 Å². The summed E-state index contributed by atoms with van der Waals surface area (Å²) in [5.41, 5.74) is 7.53. The van der Waals surface area contributed by atoms with Gasteiger partial charge in [-0.05, 0) is 55.0 Å². The molecule has 2 aromatic rings. The molecule has 26 heavy (non-hydrogen) atoms. The molecule has 0 saturated carbocycles. The van der Waals surface area contributed by atoms with Crippen molar-refractivity contribution in [3.8, 4) is 0 Å². The van der Waals surface area contributed by atoms with E-state index in [4.69, 9.17) is 5.73 Å². The van der Waals surface area contributed by atoms with E-state index in [9.17, 15) is 19.7 Å². The SMILES string of the molecule is NC(=O)c1c(NC(=O)C=Cc2ccc([N+](=O)[O-])cc2)sc2c1CCCC2. The fraction of sp³-hybridized carbons (Fsp3) is 0.222. The third kappa shape index (κ3) is 3.80. The largest absolute Gasteiger partial charge is 0.365 e. The number of benzene rings is 1. The molecule has 1 aliphatic carbocycles. The van der Waals surface area contributed by atoms with E-state index in [0.29, 0.717) is 16.1 Å². The second kappa shape index (κ2) is 7.49. The zero-order valence-electron chi connectivity index (χ0n) is 13.9. The second-order valence-corrected chi connectivity index (χ2v) is 7.06. The van der Waals surface area contributed by atoms with Crippen molar-refractivity contribution in [2.45, 2.75) is 25.7 Å². The number of primary amides is 1. The Kier molecular flexibility index (Phi) is 5.13. The number of fused-ring (bicyclic) bond motifs is 1.